The number of fused-ring (bicyclic) bond motifs is 1. The first-order valence-corrected chi connectivity index (χ1v) is 8.99. The van der Waals surface area contributed by atoms with Crippen LogP contribution in [0.4, 0.5) is 10.5 Å². The summed E-state index contributed by atoms with van der Waals surface area (Å²) in [7, 11) is 3.05. The van der Waals surface area contributed by atoms with Crippen molar-refractivity contribution in [3.63, 3.8) is 0 Å². The predicted molar refractivity (Wildman–Crippen MR) is 110 cm³/mol. The molecule has 4 amide bonds. The molecule has 0 bridgehead atoms. The van der Waals surface area contributed by atoms with Crippen molar-refractivity contribution in [2.45, 2.75) is 0 Å². The molecule has 2 aromatic carbocycles. The molecule has 1 N–H and O–H groups in total. The number of hydrogen-bond donors (Lipinski definition) is 1. The molecule has 1 aromatic heterocycles. The number of imide groups is 2. The smallest absolute Gasteiger partial charge is 0.335 e. The number of ether oxygens (including phenoxy) is 2. The average Bonchev–Trinajstić information content (AvgIpc) is 2.76. The van der Waals surface area contributed by atoms with Crippen molar-refractivity contribution in [2.75, 3.05) is 19.1 Å². The number of pyridine rings is 1. The van der Waals surface area contributed by atoms with E-state index >= 15 is 0 Å². The third-order valence-corrected chi connectivity index (χ3v) is 4.76. The van der Waals surface area contributed by atoms with E-state index in [-0.39, 0.29) is 5.57 Å². The van der Waals surface area contributed by atoms with Crippen molar-refractivity contribution in [1.29, 1.82) is 0 Å². The Morgan fingerprint density at radius 1 is 0.967 bits per heavy atom. The van der Waals surface area contributed by atoms with Gasteiger partial charge in [-0.15, -0.1) is 0 Å². The number of nitrogens with zero attached hydrogens (tertiary/aromatic N) is 2. The molecule has 1 aliphatic heterocycles. The third-order valence-electron chi connectivity index (χ3n) is 4.76. The summed E-state index contributed by atoms with van der Waals surface area (Å²) < 4.78 is 10.8. The summed E-state index contributed by atoms with van der Waals surface area (Å²) in [4.78, 5) is 42.7. The number of aromatic nitrogens is 1. The molecule has 4 rings (SSSR count). The van der Waals surface area contributed by atoms with Gasteiger partial charge in [-0.05, 0) is 47.2 Å². The quantitative estimate of drug-likeness (QED) is 0.531. The zero-order valence-corrected chi connectivity index (χ0v) is 16.2. The van der Waals surface area contributed by atoms with Crippen molar-refractivity contribution >= 4 is 40.4 Å². The van der Waals surface area contributed by atoms with Gasteiger partial charge in [-0.1, -0.05) is 12.1 Å². The lowest BCUT2D eigenvalue weighted by molar-refractivity contribution is -0.122. The van der Waals surface area contributed by atoms with Gasteiger partial charge in [0.15, 0.2) is 0 Å². The minimum Gasteiger partial charge on any atom is -0.497 e. The second-order valence-electron chi connectivity index (χ2n) is 6.43. The number of amides is 4. The van der Waals surface area contributed by atoms with E-state index < -0.39 is 17.8 Å². The fourth-order valence-electron chi connectivity index (χ4n) is 3.29. The Morgan fingerprint density at radius 2 is 1.70 bits per heavy atom. The van der Waals surface area contributed by atoms with Gasteiger partial charge in [0.25, 0.3) is 11.8 Å². The van der Waals surface area contributed by atoms with E-state index in [0.717, 1.165) is 15.7 Å². The Kier molecular flexibility index (Phi) is 4.89. The number of benzene rings is 2. The first-order chi connectivity index (χ1) is 14.5. The highest BCUT2D eigenvalue weighted by Crippen LogP contribution is 2.33. The van der Waals surface area contributed by atoms with Crippen LogP contribution in [0.25, 0.3) is 16.8 Å². The van der Waals surface area contributed by atoms with E-state index in [1.54, 1.807) is 19.2 Å². The molecule has 1 aliphatic rings. The van der Waals surface area contributed by atoms with Crippen LogP contribution in [0.5, 0.6) is 11.5 Å². The molecule has 0 atom stereocenters. The number of nitrogens with one attached hydrogen (secondary N) is 1. The molecule has 0 unspecified atom stereocenters. The van der Waals surface area contributed by atoms with Crippen LogP contribution in [0.3, 0.4) is 0 Å². The Morgan fingerprint density at radius 3 is 2.40 bits per heavy atom. The van der Waals surface area contributed by atoms with E-state index in [4.69, 9.17) is 9.47 Å². The SMILES string of the molecule is COc1ccc2ccc(OC)c(/C=C3\C(=O)NC(=O)N(c4ccncc4)C3=O)c2c1. The predicted octanol–water partition coefficient (Wildman–Crippen LogP) is 2.92. The third kappa shape index (κ3) is 3.24. The van der Waals surface area contributed by atoms with Crippen LogP contribution in [-0.4, -0.2) is 37.0 Å². The number of carbonyl (C=O) groups excluding carboxylic acids is 3. The summed E-state index contributed by atoms with van der Waals surface area (Å²) >= 11 is 0. The summed E-state index contributed by atoms with van der Waals surface area (Å²) in [6.45, 7) is 0. The van der Waals surface area contributed by atoms with Crippen LogP contribution in [0.1, 0.15) is 5.56 Å². The van der Waals surface area contributed by atoms with Gasteiger partial charge >= 0.3 is 6.03 Å². The number of barbiturate groups is 1. The van der Waals surface area contributed by atoms with Crippen LogP contribution in [0, 0.1) is 0 Å². The Bertz CT molecular complexity index is 1200. The highest BCUT2D eigenvalue weighted by molar-refractivity contribution is 6.39. The molecule has 0 spiro atoms. The zero-order chi connectivity index (χ0) is 21.3. The molecule has 3 aromatic rings. The lowest BCUT2D eigenvalue weighted by Crippen LogP contribution is -2.54. The first-order valence-electron chi connectivity index (χ1n) is 8.99. The van der Waals surface area contributed by atoms with Gasteiger partial charge in [0, 0.05) is 18.0 Å². The summed E-state index contributed by atoms with van der Waals surface area (Å²) in [5, 5.41) is 3.81. The summed E-state index contributed by atoms with van der Waals surface area (Å²) in [6.07, 6.45) is 4.34. The first kappa shape index (κ1) is 19.1. The lowest BCUT2D eigenvalue weighted by Gasteiger charge is -2.26. The van der Waals surface area contributed by atoms with Crippen molar-refractivity contribution < 1.29 is 23.9 Å². The van der Waals surface area contributed by atoms with Crippen LogP contribution in [0.2, 0.25) is 0 Å². The molecule has 8 nitrogen and oxygen atoms in total. The fraction of sp³-hybridized carbons (Fsp3) is 0.0909. The van der Waals surface area contributed by atoms with E-state index in [1.807, 2.05) is 18.2 Å². The van der Waals surface area contributed by atoms with E-state index in [9.17, 15) is 14.4 Å². The standard InChI is InChI=1S/C22H17N3O5/c1-29-15-5-3-13-4-6-19(30-2)17(16(13)11-15)12-18-20(26)24-22(28)25(21(18)27)14-7-9-23-10-8-14/h3-12H,1-2H3,(H,24,26,28)/b18-12+. The van der Waals surface area contributed by atoms with Crippen molar-refractivity contribution in [3.8, 4) is 11.5 Å². The zero-order valence-electron chi connectivity index (χ0n) is 16.2. The molecule has 150 valence electrons. The van der Waals surface area contributed by atoms with Gasteiger partial charge in [0.2, 0.25) is 0 Å². The van der Waals surface area contributed by atoms with Gasteiger partial charge < -0.3 is 9.47 Å². The van der Waals surface area contributed by atoms with Gasteiger partial charge in [-0.3, -0.25) is 19.9 Å². The lowest BCUT2D eigenvalue weighted by atomic mass is 9.99. The van der Waals surface area contributed by atoms with Crippen molar-refractivity contribution in [3.05, 3.63) is 66.0 Å². The summed E-state index contributed by atoms with van der Waals surface area (Å²) in [6, 6.07) is 11.3. The number of rotatable bonds is 4. The molecule has 0 saturated carbocycles. The minimum absolute atomic E-state index is 0.194. The maximum absolute atomic E-state index is 13.1. The molecular formula is C22H17N3O5. The van der Waals surface area contributed by atoms with Crippen LogP contribution in [-0.2, 0) is 9.59 Å². The molecular weight excluding hydrogens is 386 g/mol. The Labute approximate surface area is 171 Å². The van der Waals surface area contributed by atoms with Crippen LogP contribution < -0.4 is 19.7 Å². The van der Waals surface area contributed by atoms with Gasteiger partial charge in [0.1, 0.15) is 17.1 Å². The molecule has 30 heavy (non-hydrogen) atoms. The van der Waals surface area contributed by atoms with Crippen molar-refractivity contribution in [1.82, 2.24) is 10.3 Å². The molecule has 1 fully saturated rings. The topological polar surface area (TPSA) is 97.8 Å². The maximum Gasteiger partial charge on any atom is 0.335 e. The molecule has 8 heteroatoms. The van der Waals surface area contributed by atoms with Crippen LogP contribution >= 0.6 is 0 Å². The number of anilines is 1. The molecule has 0 aliphatic carbocycles. The summed E-state index contributed by atoms with van der Waals surface area (Å²) in [5.74, 6) is -0.436. The molecule has 2 heterocycles. The van der Waals surface area contributed by atoms with E-state index in [1.165, 1.54) is 37.7 Å². The van der Waals surface area contributed by atoms with Crippen LogP contribution in [0.15, 0.2) is 60.4 Å². The highest BCUT2D eigenvalue weighted by Gasteiger charge is 2.37. The number of methoxy groups -OCH3 is 2. The second-order valence-corrected chi connectivity index (χ2v) is 6.43. The average molecular weight is 403 g/mol. The van der Waals surface area contributed by atoms with E-state index in [2.05, 4.69) is 10.3 Å². The largest absolute Gasteiger partial charge is 0.497 e. The monoisotopic (exact) mass is 403 g/mol. The number of carbonyl (C=O) groups is 3. The maximum atomic E-state index is 13.1. The Hall–Kier alpha value is -4.20. The molecule has 0 radical (unpaired) electrons. The van der Waals surface area contributed by atoms with Gasteiger partial charge in [-0.25, -0.2) is 9.69 Å². The number of hydrogen-bond acceptors (Lipinski definition) is 6. The second kappa shape index (κ2) is 7.67. The highest BCUT2D eigenvalue weighted by atomic mass is 16.5. The molecule has 1 saturated heterocycles. The normalized spacial score (nSPS) is 15.5. The Balaban J connectivity index is 1.89. The van der Waals surface area contributed by atoms with Gasteiger partial charge in [0.05, 0.1) is 19.9 Å². The van der Waals surface area contributed by atoms with Gasteiger partial charge in [-0.2, -0.15) is 0 Å². The summed E-state index contributed by atoms with van der Waals surface area (Å²) in [5.41, 5.74) is 0.633. The number of urea groups is 1. The van der Waals surface area contributed by atoms with Crippen molar-refractivity contribution in [2.24, 2.45) is 0 Å². The fourth-order valence-corrected chi connectivity index (χ4v) is 3.29. The minimum atomic E-state index is -0.820. The van der Waals surface area contributed by atoms with E-state index in [0.29, 0.717) is 22.7 Å².